The molecule has 0 unspecified atom stereocenters. The molecule has 0 fully saturated rings. The van der Waals surface area contributed by atoms with Gasteiger partial charge >= 0.3 is 12.1 Å². The highest BCUT2D eigenvalue weighted by Crippen LogP contribution is 1.82. The van der Waals surface area contributed by atoms with Crippen molar-refractivity contribution in [3.8, 4) is 23.9 Å². The Labute approximate surface area is 198 Å². The van der Waals surface area contributed by atoms with Crippen LogP contribution in [0.15, 0.2) is 0 Å². The number of amides is 4. The highest BCUT2D eigenvalue weighted by Gasteiger charge is 1.97. The average molecular weight is 469 g/mol. The van der Waals surface area contributed by atoms with E-state index in [9.17, 15) is 9.59 Å². The van der Waals surface area contributed by atoms with Crippen LogP contribution in [0.3, 0.4) is 0 Å². The molecular formula is C22H40N6O5. The summed E-state index contributed by atoms with van der Waals surface area (Å²) in [5.41, 5.74) is 0. The highest BCUT2D eigenvalue weighted by atomic mass is 16.5. The van der Waals surface area contributed by atoms with Crippen molar-refractivity contribution >= 4 is 12.1 Å². The minimum atomic E-state index is -0.316. The number of carbonyl (C=O) groups is 2. The van der Waals surface area contributed by atoms with Crippen molar-refractivity contribution in [3.05, 3.63) is 0 Å². The monoisotopic (exact) mass is 468 g/mol. The minimum absolute atomic E-state index is 0.201. The third-order valence-corrected chi connectivity index (χ3v) is 3.76. The quantitative estimate of drug-likeness (QED) is 0.137. The van der Waals surface area contributed by atoms with Gasteiger partial charge in [0, 0.05) is 25.2 Å². The van der Waals surface area contributed by atoms with E-state index in [1.165, 1.54) is 0 Å². The number of urea groups is 2. The lowest BCUT2D eigenvalue weighted by Gasteiger charge is -2.09. The molecule has 0 rings (SSSR count). The molecule has 0 aliphatic rings. The first-order valence-corrected chi connectivity index (χ1v) is 11.0. The van der Waals surface area contributed by atoms with E-state index in [0.717, 1.165) is 25.9 Å². The maximum Gasteiger partial charge on any atom is 0.326 e. The van der Waals surface area contributed by atoms with Gasteiger partial charge < -0.3 is 34.6 Å². The molecule has 0 aromatic carbocycles. The summed E-state index contributed by atoms with van der Waals surface area (Å²) in [7, 11) is 7.94. The average Bonchev–Trinajstić information content (AvgIpc) is 2.76. The van der Waals surface area contributed by atoms with E-state index in [0.29, 0.717) is 39.5 Å². The number of hydrogen-bond acceptors (Lipinski definition) is 7. The number of carbonyl (C=O) groups excluding carboxylic acids is 2. The fraction of sp³-hybridized carbons (Fsp3) is 0.727. The van der Waals surface area contributed by atoms with Crippen molar-refractivity contribution in [1.29, 1.82) is 0 Å². The fourth-order valence-corrected chi connectivity index (χ4v) is 2.14. The van der Waals surface area contributed by atoms with Gasteiger partial charge in [0.25, 0.3) is 0 Å². The van der Waals surface area contributed by atoms with Crippen molar-refractivity contribution in [2.24, 2.45) is 0 Å². The Kier molecular flexibility index (Phi) is 20.9. The molecular weight excluding hydrogens is 428 g/mol. The molecule has 33 heavy (non-hydrogen) atoms. The molecule has 0 aliphatic heterocycles. The number of hydrogen-bond donors (Lipinski definition) is 4. The summed E-state index contributed by atoms with van der Waals surface area (Å²) in [5.74, 6) is 5.40. The molecule has 188 valence electrons. The molecule has 0 atom stereocenters. The Hall–Kier alpha value is -2.54. The van der Waals surface area contributed by atoms with Gasteiger partial charge in [-0.05, 0) is 54.1 Å². The van der Waals surface area contributed by atoms with Crippen molar-refractivity contribution < 1.29 is 23.8 Å². The Morgan fingerprint density at radius 3 is 1.45 bits per heavy atom. The smallest absolute Gasteiger partial charge is 0.326 e. The van der Waals surface area contributed by atoms with Gasteiger partial charge in [0.05, 0.1) is 26.4 Å². The zero-order valence-electron chi connectivity index (χ0n) is 20.4. The summed E-state index contributed by atoms with van der Waals surface area (Å²) in [4.78, 5) is 27.0. The van der Waals surface area contributed by atoms with Crippen molar-refractivity contribution in [1.82, 2.24) is 31.1 Å². The molecule has 0 radical (unpaired) electrons. The molecule has 4 N–H and O–H groups in total. The Balaban J connectivity index is 3.41. The second-order valence-corrected chi connectivity index (χ2v) is 7.40. The van der Waals surface area contributed by atoms with E-state index < -0.39 is 0 Å². The first kappa shape index (κ1) is 30.5. The Morgan fingerprint density at radius 1 is 0.667 bits per heavy atom. The van der Waals surface area contributed by atoms with Crippen LogP contribution in [0.1, 0.15) is 12.8 Å². The maximum absolute atomic E-state index is 11.5. The second-order valence-electron chi connectivity index (χ2n) is 7.40. The number of ether oxygens (including phenoxy) is 3. The van der Waals surface area contributed by atoms with Gasteiger partial charge in [0.15, 0.2) is 0 Å². The second kappa shape index (κ2) is 22.6. The fourth-order valence-electron chi connectivity index (χ4n) is 2.14. The molecule has 0 aromatic heterocycles. The van der Waals surface area contributed by atoms with Crippen molar-refractivity contribution in [3.63, 3.8) is 0 Å². The maximum atomic E-state index is 11.5. The molecule has 0 bridgehead atoms. The van der Waals surface area contributed by atoms with Gasteiger partial charge in [0.1, 0.15) is 13.2 Å². The van der Waals surface area contributed by atoms with Gasteiger partial charge in [-0.25, -0.2) is 9.59 Å². The van der Waals surface area contributed by atoms with Crippen molar-refractivity contribution in [2.45, 2.75) is 12.8 Å². The first-order chi connectivity index (χ1) is 15.9. The third-order valence-electron chi connectivity index (χ3n) is 3.76. The molecule has 0 aliphatic carbocycles. The third kappa shape index (κ3) is 25.6. The molecule has 0 saturated heterocycles. The van der Waals surface area contributed by atoms with Crippen LogP contribution in [0.25, 0.3) is 0 Å². The number of nitrogens with zero attached hydrogens (tertiary/aromatic N) is 2. The van der Waals surface area contributed by atoms with E-state index >= 15 is 0 Å². The van der Waals surface area contributed by atoms with Gasteiger partial charge in [-0.3, -0.25) is 10.6 Å². The lowest BCUT2D eigenvalue weighted by atomic mass is 10.4. The lowest BCUT2D eigenvalue weighted by Crippen LogP contribution is -2.34. The van der Waals surface area contributed by atoms with Gasteiger partial charge in [0.2, 0.25) is 0 Å². The van der Waals surface area contributed by atoms with Crippen LogP contribution < -0.4 is 21.3 Å². The Bertz CT molecular complexity index is 583. The van der Waals surface area contributed by atoms with Gasteiger partial charge in [-0.2, -0.15) is 0 Å². The Morgan fingerprint density at radius 2 is 1.06 bits per heavy atom. The van der Waals surface area contributed by atoms with Crippen LogP contribution >= 0.6 is 0 Å². The lowest BCUT2D eigenvalue weighted by molar-refractivity contribution is 0.0270. The topological polar surface area (TPSA) is 116 Å². The van der Waals surface area contributed by atoms with Crippen LogP contribution in [0.5, 0.6) is 0 Å². The zero-order valence-corrected chi connectivity index (χ0v) is 20.4. The summed E-state index contributed by atoms with van der Waals surface area (Å²) < 4.78 is 15.9. The van der Waals surface area contributed by atoms with Crippen LogP contribution in [0.4, 0.5) is 9.59 Å². The number of nitrogens with one attached hydrogen (secondary N) is 4. The van der Waals surface area contributed by atoms with E-state index in [1.54, 1.807) is 0 Å². The standard InChI is InChI=1S/C22H40N6O5/c1-27(2)13-5-9-23-21(29)25-11-7-15-31-17-19-33-20-18-32-16-8-12-26-22(30)24-10-6-14-28(3)4/h5-6,9-10,13-20H2,1-4H3,(H2,23,25,29)(H2,24,26,30). The first-order valence-electron chi connectivity index (χ1n) is 11.0. The highest BCUT2D eigenvalue weighted by molar-refractivity contribution is 5.76. The van der Waals surface area contributed by atoms with E-state index in [4.69, 9.17) is 14.2 Å². The summed E-state index contributed by atoms with van der Waals surface area (Å²) in [6, 6.07) is 4.45. The minimum Gasteiger partial charge on any atom is -0.377 e. The summed E-state index contributed by atoms with van der Waals surface area (Å²) in [6.07, 6.45) is 1.76. The SMILES string of the molecule is CN(C)CCCNC(=O)NC#CCOCCOCCOCC#CNC(=O)NCCCN(C)C. The van der Waals surface area contributed by atoms with Gasteiger partial charge in [-0.1, -0.05) is 11.8 Å². The predicted octanol–water partition coefficient (Wildman–Crippen LogP) is -0.540. The molecule has 0 saturated carbocycles. The number of rotatable bonds is 16. The van der Waals surface area contributed by atoms with Crippen LogP contribution in [-0.4, -0.2) is 116 Å². The van der Waals surface area contributed by atoms with Gasteiger partial charge in [-0.15, -0.1) is 0 Å². The molecule has 0 aromatic rings. The van der Waals surface area contributed by atoms with Crippen molar-refractivity contribution in [2.75, 3.05) is 94.0 Å². The summed E-state index contributed by atoms with van der Waals surface area (Å²) in [5, 5.41) is 10.3. The predicted molar refractivity (Wildman–Crippen MR) is 127 cm³/mol. The molecule has 11 heteroatoms. The molecule has 11 nitrogen and oxygen atoms in total. The summed E-state index contributed by atoms with van der Waals surface area (Å²) in [6.45, 7) is 5.02. The normalized spacial score (nSPS) is 10.1. The summed E-state index contributed by atoms with van der Waals surface area (Å²) >= 11 is 0. The van der Waals surface area contributed by atoms with E-state index in [2.05, 4.69) is 55.0 Å². The van der Waals surface area contributed by atoms with Crippen LogP contribution in [0, 0.1) is 23.9 Å². The molecule has 0 spiro atoms. The molecule has 4 amide bonds. The van der Waals surface area contributed by atoms with Crippen LogP contribution in [-0.2, 0) is 14.2 Å². The van der Waals surface area contributed by atoms with E-state index in [-0.39, 0.29) is 25.3 Å². The zero-order chi connectivity index (χ0) is 24.6. The van der Waals surface area contributed by atoms with E-state index in [1.807, 2.05) is 28.2 Å². The molecule has 0 heterocycles. The van der Waals surface area contributed by atoms with Crippen LogP contribution in [0.2, 0.25) is 0 Å². The largest absolute Gasteiger partial charge is 0.377 e.